The lowest BCUT2D eigenvalue weighted by Gasteiger charge is -2.17. The number of halogens is 1. The highest BCUT2D eigenvalue weighted by Gasteiger charge is 2.26. The van der Waals surface area contributed by atoms with Gasteiger partial charge in [0.1, 0.15) is 5.69 Å². The Balaban J connectivity index is 1.63. The Morgan fingerprint density at radius 3 is 2.81 bits per heavy atom. The minimum atomic E-state index is -0.116. The van der Waals surface area contributed by atoms with Crippen LogP contribution in [0.15, 0.2) is 54.6 Å². The smallest absolute Gasteiger partial charge is 0.277 e. The summed E-state index contributed by atoms with van der Waals surface area (Å²) in [4.78, 5) is 23.6. The van der Waals surface area contributed by atoms with Crippen molar-refractivity contribution in [2.45, 2.75) is 13.3 Å². The Kier molecular flexibility index (Phi) is 4.31. The predicted molar refractivity (Wildman–Crippen MR) is 103 cm³/mol. The van der Waals surface area contributed by atoms with Crippen LogP contribution < -0.4 is 10.2 Å². The Morgan fingerprint density at radius 2 is 1.96 bits per heavy atom. The molecule has 1 aromatic heterocycles. The molecule has 0 aliphatic carbocycles. The largest absolute Gasteiger partial charge is 0.324 e. The Labute approximate surface area is 156 Å². The lowest BCUT2D eigenvalue weighted by molar-refractivity contribution is 0.0984. The average molecular weight is 365 g/mol. The van der Waals surface area contributed by atoms with Crippen molar-refractivity contribution < 1.29 is 4.79 Å². The fourth-order valence-corrected chi connectivity index (χ4v) is 3.31. The van der Waals surface area contributed by atoms with Crippen LogP contribution in [-0.4, -0.2) is 22.4 Å². The molecule has 0 saturated carbocycles. The van der Waals surface area contributed by atoms with Crippen molar-refractivity contribution >= 4 is 34.8 Å². The first-order valence-corrected chi connectivity index (χ1v) is 8.76. The van der Waals surface area contributed by atoms with Gasteiger partial charge in [0, 0.05) is 28.6 Å². The van der Waals surface area contributed by atoms with Crippen LogP contribution in [-0.2, 0) is 6.42 Å². The van der Waals surface area contributed by atoms with E-state index in [1.165, 1.54) is 5.56 Å². The zero-order valence-electron chi connectivity index (χ0n) is 14.2. The van der Waals surface area contributed by atoms with Gasteiger partial charge in [-0.2, -0.15) is 0 Å². The lowest BCUT2D eigenvalue weighted by Crippen LogP contribution is -2.30. The van der Waals surface area contributed by atoms with Crippen molar-refractivity contribution in [3.05, 3.63) is 76.6 Å². The molecular weight excluding hydrogens is 348 g/mol. The Hall–Kier alpha value is -2.92. The van der Waals surface area contributed by atoms with Crippen LogP contribution in [0.4, 0.5) is 17.3 Å². The molecule has 6 heteroatoms. The van der Waals surface area contributed by atoms with E-state index in [2.05, 4.69) is 21.4 Å². The summed E-state index contributed by atoms with van der Waals surface area (Å²) in [7, 11) is 0. The van der Waals surface area contributed by atoms with E-state index in [9.17, 15) is 4.79 Å². The third-order valence-electron chi connectivity index (χ3n) is 4.29. The summed E-state index contributed by atoms with van der Waals surface area (Å²) in [5.74, 6) is 0.262. The van der Waals surface area contributed by atoms with Crippen LogP contribution in [0.2, 0.25) is 5.02 Å². The first-order valence-electron chi connectivity index (χ1n) is 8.38. The molecule has 0 saturated heterocycles. The van der Waals surface area contributed by atoms with Gasteiger partial charge in [-0.25, -0.2) is 9.97 Å². The van der Waals surface area contributed by atoms with Gasteiger partial charge in [0.2, 0.25) is 5.95 Å². The van der Waals surface area contributed by atoms with Gasteiger partial charge in [0.05, 0.1) is 0 Å². The molecule has 130 valence electrons. The van der Waals surface area contributed by atoms with Crippen molar-refractivity contribution in [1.82, 2.24) is 9.97 Å². The molecule has 1 aliphatic heterocycles. The summed E-state index contributed by atoms with van der Waals surface area (Å²) >= 11 is 6.02. The molecule has 1 aliphatic rings. The molecule has 5 nitrogen and oxygen atoms in total. The van der Waals surface area contributed by atoms with Gasteiger partial charge in [-0.05, 0) is 49.2 Å². The molecule has 3 aromatic rings. The van der Waals surface area contributed by atoms with Gasteiger partial charge in [-0.1, -0.05) is 35.9 Å². The molecule has 1 amide bonds. The number of hydrogen-bond donors (Lipinski definition) is 1. The third-order valence-corrected chi connectivity index (χ3v) is 4.52. The maximum atomic E-state index is 13.0. The van der Waals surface area contributed by atoms with Crippen molar-refractivity contribution in [3.63, 3.8) is 0 Å². The van der Waals surface area contributed by atoms with Crippen molar-refractivity contribution in [2.75, 3.05) is 16.8 Å². The number of aromatic nitrogens is 2. The number of anilines is 3. The molecule has 0 bridgehead atoms. The first kappa shape index (κ1) is 16.5. The van der Waals surface area contributed by atoms with Gasteiger partial charge >= 0.3 is 0 Å². The van der Waals surface area contributed by atoms with Gasteiger partial charge in [-0.15, -0.1) is 0 Å². The normalized spacial score (nSPS) is 12.8. The second-order valence-electron chi connectivity index (χ2n) is 6.19. The second-order valence-corrected chi connectivity index (χ2v) is 6.63. The highest BCUT2D eigenvalue weighted by Crippen LogP contribution is 2.29. The minimum absolute atomic E-state index is 0.116. The van der Waals surface area contributed by atoms with E-state index in [1.807, 2.05) is 37.3 Å². The number of nitrogens with zero attached hydrogens (tertiary/aromatic N) is 3. The predicted octanol–water partition coefficient (Wildman–Crippen LogP) is 4.38. The summed E-state index contributed by atoms with van der Waals surface area (Å²) < 4.78 is 0. The monoisotopic (exact) mass is 364 g/mol. The van der Waals surface area contributed by atoms with E-state index >= 15 is 0 Å². The summed E-state index contributed by atoms with van der Waals surface area (Å²) in [6.07, 6.45) is 0.861. The molecule has 2 aromatic carbocycles. The quantitative estimate of drug-likeness (QED) is 0.749. The minimum Gasteiger partial charge on any atom is -0.324 e. The number of amides is 1. The third kappa shape index (κ3) is 3.26. The SMILES string of the molecule is Cc1cc(C(=O)N2CCc3ccccc32)nc(Nc2cccc(Cl)c2)n1. The molecule has 2 heterocycles. The van der Waals surface area contributed by atoms with Crippen LogP contribution in [0.25, 0.3) is 0 Å². The molecular formula is C20H17ClN4O. The summed E-state index contributed by atoms with van der Waals surface area (Å²) in [6.45, 7) is 2.51. The van der Waals surface area contributed by atoms with Gasteiger partial charge in [0.25, 0.3) is 5.91 Å². The zero-order chi connectivity index (χ0) is 18.1. The number of carbonyl (C=O) groups excluding carboxylic acids is 1. The molecule has 0 spiro atoms. The van der Waals surface area contributed by atoms with Crippen LogP contribution in [0.3, 0.4) is 0 Å². The number of benzene rings is 2. The average Bonchev–Trinajstić information content (AvgIpc) is 3.04. The van der Waals surface area contributed by atoms with Crippen molar-refractivity contribution in [1.29, 1.82) is 0 Å². The number of hydrogen-bond acceptors (Lipinski definition) is 4. The van der Waals surface area contributed by atoms with Crippen LogP contribution in [0.5, 0.6) is 0 Å². The highest BCUT2D eigenvalue weighted by molar-refractivity contribution is 6.30. The Bertz CT molecular complexity index is 989. The van der Waals surface area contributed by atoms with Gasteiger partial charge < -0.3 is 10.2 Å². The standard InChI is InChI=1S/C20H17ClN4O/c1-13-11-17(19(26)25-10-9-14-5-2-3-8-18(14)25)24-20(22-13)23-16-7-4-6-15(21)12-16/h2-8,11-12H,9-10H2,1H3,(H,22,23,24). The van der Waals surface area contributed by atoms with E-state index in [0.29, 0.717) is 23.2 Å². The van der Waals surface area contributed by atoms with Crippen LogP contribution >= 0.6 is 11.6 Å². The number of aryl methyl sites for hydroxylation is 1. The maximum Gasteiger partial charge on any atom is 0.277 e. The van der Waals surface area contributed by atoms with E-state index in [0.717, 1.165) is 23.5 Å². The fraction of sp³-hybridized carbons (Fsp3) is 0.150. The molecule has 0 radical (unpaired) electrons. The van der Waals surface area contributed by atoms with E-state index in [1.54, 1.807) is 23.1 Å². The van der Waals surface area contributed by atoms with Crippen molar-refractivity contribution in [3.8, 4) is 0 Å². The zero-order valence-corrected chi connectivity index (χ0v) is 15.0. The molecule has 0 fully saturated rings. The summed E-state index contributed by atoms with van der Waals surface area (Å²) in [5.41, 5.74) is 4.01. The molecule has 0 atom stereocenters. The molecule has 1 N–H and O–H groups in total. The van der Waals surface area contributed by atoms with Gasteiger partial charge in [0.15, 0.2) is 0 Å². The van der Waals surface area contributed by atoms with E-state index in [4.69, 9.17) is 11.6 Å². The second kappa shape index (κ2) is 6.77. The van der Waals surface area contributed by atoms with Crippen LogP contribution in [0.1, 0.15) is 21.7 Å². The topological polar surface area (TPSA) is 58.1 Å². The molecule has 4 rings (SSSR count). The number of rotatable bonds is 3. The number of fused-ring (bicyclic) bond motifs is 1. The lowest BCUT2D eigenvalue weighted by atomic mass is 10.2. The Morgan fingerprint density at radius 1 is 1.12 bits per heavy atom. The van der Waals surface area contributed by atoms with E-state index < -0.39 is 0 Å². The van der Waals surface area contributed by atoms with Crippen LogP contribution in [0, 0.1) is 6.92 Å². The first-order chi connectivity index (χ1) is 12.6. The number of para-hydroxylation sites is 1. The number of carbonyl (C=O) groups is 1. The molecule has 0 unspecified atom stereocenters. The molecule has 26 heavy (non-hydrogen) atoms. The highest BCUT2D eigenvalue weighted by atomic mass is 35.5. The maximum absolute atomic E-state index is 13.0. The fourth-order valence-electron chi connectivity index (χ4n) is 3.12. The van der Waals surface area contributed by atoms with E-state index in [-0.39, 0.29) is 5.91 Å². The van der Waals surface area contributed by atoms with Crippen molar-refractivity contribution in [2.24, 2.45) is 0 Å². The van der Waals surface area contributed by atoms with Gasteiger partial charge in [-0.3, -0.25) is 4.79 Å². The summed E-state index contributed by atoms with van der Waals surface area (Å²) in [5, 5.41) is 3.73. The summed E-state index contributed by atoms with van der Waals surface area (Å²) in [6, 6.07) is 17.0. The number of nitrogens with one attached hydrogen (secondary N) is 1.